The second kappa shape index (κ2) is 7.36. The molecule has 2 aromatic heterocycles. The van der Waals surface area contributed by atoms with Crippen molar-refractivity contribution in [2.75, 3.05) is 31.1 Å². The Balaban J connectivity index is 1.21. The number of carbonyl (C=O) groups excluding carboxylic acids is 1. The minimum Gasteiger partial charge on any atom is -0.352 e. The van der Waals surface area contributed by atoms with Crippen LogP contribution in [0.1, 0.15) is 30.1 Å². The summed E-state index contributed by atoms with van der Waals surface area (Å²) in [5.41, 5.74) is 1.57. The Hall–Kier alpha value is -3.56. The van der Waals surface area contributed by atoms with E-state index in [9.17, 15) is 14.9 Å². The first-order valence-corrected chi connectivity index (χ1v) is 10.1. The molecule has 2 fully saturated rings. The van der Waals surface area contributed by atoms with Gasteiger partial charge >= 0.3 is 0 Å². The van der Waals surface area contributed by atoms with Gasteiger partial charge in [0, 0.05) is 44.2 Å². The van der Waals surface area contributed by atoms with E-state index in [4.69, 9.17) is 5.10 Å². The zero-order valence-corrected chi connectivity index (χ0v) is 16.3. The number of nitro groups is 1. The molecule has 0 unspecified atom stereocenters. The van der Waals surface area contributed by atoms with Crippen molar-refractivity contribution < 1.29 is 9.72 Å². The lowest BCUT2D eigenvalue weighted by atomic mass is 10.1. The molecule has 5 rings (SSSR count). The third-order valence-corrected chi connectivity index (χ3v) is 5.67. The Morgan fingerprint density at radius 2 is 1.77 bits per heavy atom. The summed E-state index contributed by atoms with van der Waals surface area (Å²) in [5.74, 6) is 2.30. The van der Waals surface area contributed by atoms with Gasteiger partial charge in [0.2, 0.25) is 5.91 Å². The molecule has 2 aliphatic rings. The van der Waals surface area contributed by atoms with Crippen LogP contribution in [0, 0.1) is 10.1 Å². The number of piperazine rings is 1. The fourth-order valence-corrected chi connectivity index (χ4v) is 3.77. The van der Waals surface area contributed by atoms with Crippen molar-refractivity contribution in [2.45, 2.75) is 25.2 Å². The van der Waals surface area contributed by atoms with Gasteiger partial charge in [0.25, 0.3) is 5.69 Å². The molecule has 1 saturated heterocycles. The van der Waals surface area contributed by atoms with Gasteiger partial charge in [-0.05, 0) is 30.5 Å². The number of carbonyl (C=O) groups is 1. The quantitative estimate of drug-likeness (QED) is 0.468. The lowest BCUT2D eigenvalue weighted by Crippen LogP contribution is -2.49. The number of anilines is 1. The first-order valence-electron chi connectivity index (χ1n) is 10.1. The van der Waals surface area contributed by atoms with Crippen molar-refractivity contribution in [1.82, 2.24) is 24.7 Å². The van der Waals surface area contributed by atoms with Crippen LogP contribution < -0.4 is 4.90 Å². The fraction of sp³-hybridized carbons (Fsp3) is 0.400. The van der Waals surface area contributed by atoms with Crippen LogP contribution in [0.15, 0.2) is 36.4 Å². The largest absolute Gasteiger partial charge is 0.352 e. The Morgan fingerprint density at radius 3 is 2.43 bits per heavy atom. The standard InChI is InChI=1S/C20H21N7O3/c28-19(13-14-1-5-16(6-2-14)27(29)30)25-11-9-24(10-12-25)18-8-7-17-21-22-20(15-3-4-15)26(17)23-18/h1-2,5-8,15H,3-4,9-13H2. The highest BCUT2D eigenvalue weighted by Crippen LogP contribution is 2.38. The number of nitro benzene ring substituents is 1. The Morgan fingerprint density at radius 1 is 1.03 bits per heavy atom. The highest BCUT2D eigenvalue weighted by molar-refractivity contribution is 5.79. The predicted octanol–water partition coefficient (Wildman–Crippen LogP) is 1.80. The number of amides is 1. The number of rotatable bonds is 5. The second-order valence-corrected chi connectivity index (χ2v) is 7.76. The summed E-state index contributed by atoms with van der Waals surface area (Å²) in [4.78, 5) is 27.0. The van der Waals surface area contributed by atoms with Crippen molar-refractivity contribution in [3.05, 3.63) is 57.9 Å². The third kappa shape index (κ3) is 3.56. The summed E-state index contributed by atoms with van der Waals surface area (Å²) in [6.07, 6.45) is 2.53. The van der Waals surface area contributed by atoms with E-state index < -0.39 is 4.92 Å². The molecule has 30 heavy (non-hydrogen) atoms. The number of aromatic nitrogens is 4. The summed E-state index contributed by atoms with van der Waals surface area (Å²) >= 11 is 0. The Bertz CT molecular complexity index is 1100. The average Bonchev–Trinajstić information content (AvgIpc) is 3.52. The van der Waals surface area contributed by atoms with Crippen LogP contribution in [0.25, 0.3) is 5.65 Å². The summed E-state index contributed by atoms with van der Waals surface area (Å²) in [7, 11) is 0. The van der Waals surface area contributed by atoms with Crippen molar-refractivity contribution in [2.24, 2.45) is 0 Å². The molecular formula is C20H21N7O3. The third-order valence-electron chi connectivity index (χ3n) is 5.67. The van der Waals surface area contributed by atoms with Crippen LogP contribution >= 0.6 is 0 Å². The number of nitrogens with zero attached hydrogens (tertiary/aromatic N) is 7. The summed E-state index contributed by atoms with van der Waals surface area (Å²) in [5, 5.41) is 24.0. The van der Waals surface area contributed by atoms with E-state index in [1.54, 1.807) is 12.1 Å². The lowest BCUT2D eigenvalue weighted by Gasteiger charge is -2.35. The van der Waals surface area contributed by atoms with Gasteiger partial charge in [0.1, 0.15) is 5.82 Å². The molecule has 10 heteroatoms. The van der Waals surface area contributed by atoms with Crippen LogP contribution in [0.2, 0.25) is 0 Å². The lowest BCUT2D eigenvalue weighted by molar-refractivity contribution is -0.384. The maximum Gasteiger partial charge on any atom is 0.269 e. The van der Waals surface area contributed by atoms with E-state index in [-0.39, 0.29) is 18.0 Å². The molecular weight excluding hydrogens is 386 g/mol. The van der Waals surface area contributed by atoms with E-state index in [0.717, 1.165) is 35.7 Å². The summed E-state index contributed by atoms with van der Waals surface area (Å²) < 4.78 is 1.85. The molecule has 10 nitrogen and oxygen atoms in total. The number of hydrogen-bond acceptors (Lipinski definition) is 7. The minimum atomic E-state index is -0.441. The van der Waals surface area contributed by atoms with Gasteiger partial charge in [-0.3, -0.25) is 14.9 Å². The van der Waals surface area contributed by atoms with Crippen molar-refractivity contribution in [1.29, 1.82) is 0 Å². The van der Waals surface area contributed by atoms with Gasteiger partial charge in [-0.2, -0.15) is 4.52 Å². The predicted molar refractivity (Wildman–Crippen MR) is 108 cm³/mol. The van der Waals surface area contributed by atoms with Crippen LogP contribution in [0.3, 0.4) is 0 Å². The monoisotopic (exact) mass is 407 g/mol. The molecule has 1 aliphatic carbocycles. The van der Waals surface area contributed by atoms with E-state index in [1.165, 1.54) is 12.1 Å². The molecule has 154 valence electrons. The zero-order valence-electron chi connectivity index (χ0n) is 16.3. The van der Waals surface area contributed by atoms with E-state index in [2.05, 4.69) is 15.1 Å². The molecule has 0 bridgehead atoms. The maximum absolute atomic E-state index is 12.6. The molecule has 1 amide bonds. The summed E-state index contributed by atoms with van der Waals surface area (Å²) in [6, 6.07) is 10.0. The molecule has 0 radical (unpaired) electrons. The number of fused-ring (bicyclic) bond motifs is 1. The molecule has 3 aromatic rings. The van der Waals surface area contributed by atoms with Crippen LogP contribution in [0.4, 0.5) is 11.5 Å². The first-order chi connectivity index (χ1) is 14.6. The van der Waals surface area contributed by atoms with Crippen LogP contribution in [-0.4, -0.2) is 61.7 Å². The van der Waals surface area contributed by atoms with Crippen molar-refractivity contribution >= 4 is 23.1 Å². The normalized spacial score (nSPS) is 16.8. The first kappa shape index (κ1) is 18.5. The second-order valence-electron chi connectivity index (χ2n) is 7.76. The molecule has 0 N–H and O–H groups in total. The fourth-order valence-electron chi connectivity index (χ4n) is 3.77. The van der Waals surface area contributed by atoms with Gasteiger partial charge < -0.3 is 9.80 Å². The molecule has 0 spiro atoms. The zero-order chi connectivity index (χ0) is 20.7. The number of hydrogen-bond donors (Lipinski definition) is 0. The Kier molecular flexibility index (Phi) is 4.53. The topological polar surface area (TPSA) is 110 Å². The highest BCUT2D eigenvalue weighted by atomic mass is 16.6. The molecule has 1 aliphatic heterocycles. The maximum atomic E-state index is 12.6. The van der Waals surface area contributed by atoms with Crippen LogP contribution in [0.5, 0.6) is 0 Å². The van der Waals surface area contributed by atoms with E-state index >= 15 is 0 Å². The van der Waals surface area contributed by atoms with Gasteiger partial charge in [-0.1, -0.05) is 12.1 Å². The molecule has 3 heterocycles. The van der Waals surface area contributed by atoms with Gasteiger partial charge in [0.15, 0.2) is 11.5 Å². The smallest absolute Gasteiger partial charge is 0.269 e. The van der Waals surface area contributed by atoms with Gasteiger partial charge in [-0.15, -0.1) is 15.3 Å². The highest BCUT2D eigenvalue weighted by Gasteiger charge is 2.30. The van der Waals surface area contributed by atoms with Gasteiger partial charge in [0.05, 0.1) is 11.3 Å². The molecule has 1 saturated carbocycles. The summed E-state index contributed by atoms with van der Waals surface area (Å²) in [6.45, 7) is 2.63. The van der Waals surface area contributed by atoms with Crippen LogP contribution in [-0.2, 0) is 11.2 Å². The minimum absolute atomic E-state index is 0.0294. The number of benzene rings is 1. The Labute approximate surface area is 172 Å². The van der Waals surface area contributed by atoms with E-state index in [1.807, 2.05) is 21.5 Å². The SMILES string of the molecule is O=C(Cc1ccc([N+](=O)[O-])cc1)N1CCN(c2ccc3nnc(C4CC4)n3n2)CC1. The number of non-ortho nitro benzene ring substituents is 1. The van der Waals surface area contributed by atoms with Crippen molar-refractivity contribution in [3.8, 4) is 0 Å². The average molecular weight is 407 g/mol. The molecule has 1 aromatic carbocycles. The molecule has 0 atom stereocenters. The van der Waals surface area contributed by atoms with Crippen molar-refractivity contribution in [3.63, 3.8) is 0 Å². The van der Waals surface area contributed by atoms with Gasteiger partial charge in [-0.25, -0.2) is 0 Å². The van der Waals surface area contributed by atoms with E-state index in [0.29, 0.717) is 32.1 Å².